The lowest BCUT2D eigenvalue weighted by molar-refractivity contribution is -0.130. The first kappa shape index (κ1) is 16.2. The second-order valence-corrected chi connectivity index (χ2v) is 7.23. The van der Waals surface area contributed by atoms with Crippen LogP contribution < -0.4 is 0 Å². The quantitative estimate of drug-likeness (QED) is 0.579. The van der Waals surface area contributed by atoms with Crippen LogP contribution in [0.4, 0.5) is 0 Å². The van der Waals surface area contributed by atoms with Crippen molar-refractivity contribution < 1.29 is 9.90 Å². The molecule has 1 rings (SSSR count). The van der Waals surface area contributed by atoms with Crippen LogP contribution in [0.1, 0.15) is 12.8 Å². The molecule has 1 heterocycles. The van der Waals surface area contributed by atoms with Crippen LogP contribution in [-0.4, -0.2) is 44.6 Å². The van der Waals surface area contributed by atoms with Gasteiger partial charge in [-0.05, 0) is 30.4 Å². The molecular weight excluding hydrogens is 278 g/mol. The second kappa shape index (κ2) is 8.38. The lowest BCUT2D eigenvalue weighted by Gasteiger charge is -2.37. The number of allylic oxidation sites excluding steroid dienone is 1. The fourth-order valence-electron chi connectivity index (χ4n) is 1.90. The number of hydrogen-bond donors (Lipinski definition) is 1. The second-order valence-electron chi connectivity index (χ2n) is 4.18. The minimum Gasteiger partial charge on any atom is -0.516 e. The van der Waals surface area contributed by atoms with Gasteiger partial charge in [-0.2, -0.15) is 0 Å². The Morgan fingerprint density at radius 2 is 1.95 bits per heavy atom. The van der Waals surface area contributed by atoms with Gasteiger partial charge in [-0.1, -0.05) is 12.2 Å². The van der Waals surface area contributed by atoms with Crippen molar-refractivity contribution >= 4 is 29.4 Å². The van der Waals surface area contributed by atoms with Crippen molar-refractivity contribution in [3.05, 3.63) is 37.6 Å². The summed E-state index contributed by atoms with van der Waals surface area (Å²) in [5.74, 6) is 2.11. The molecule has 1 aliphatic heterocycles. The van der Waals surface area contributed by atoms with Gasteiger partial charge in [0.15, 0.2) is 0 Å². The van der Waals surface area contributed by atoms with Crippen molar-refractivity contribution in [1.82, 2.24) is 4.90 Å². The highest BCUT2D eigenvalue weighted by molar-refractivity contribution is 8.19. The number of carbonyl (C=O) groups is 1. The van der Waals surface area contributed by atoms with Crippen molar-refractivity contribution in [1.29, 1.82) is 0 Å². The Kier molecular flexibility index (Phi) is 7.16. The third-order valence-electron chi connectivity index (χ3n) is 2.77. The number of hydrogen-bond acceptors (Lipinski definition) is 4. The predicted octanol–water partition coefficient (Wildman–Crippen LogP) is 3.22. The standard InChI is InChI=1S/C14H21NO2S2/c1-3-7-14(18-11-6-12-19-14)13(17)15(8-4-2)9-5-10-16/h3-5,10,16H,1-2,6-9,11-12H2. The van der Waals surface area contributed by atoms with Gasteiger partial charge in [0.05, 0.1) is 6.26 Å². The summed E-state index contributed by atoms with van der Waals surface area (Å²) in [5, 5.41) is 8.77. The van der Waals surface area contributed by atoms with Crippen LogP contribution in [0.2, 0.25) is 0 Å². The van der Waals surface area contributed by atoms with Crippen LogP contribution in [0.25, 0.3) is 0 Å². The van der Waals surface area contributed by atoms with E-state index in [4.69, 9.17) is 5.11 Å². The highest BCUT2D eigenvalue weighted by atomic mass is 32.2. The molecule has 0 radical (unpaired) electrons. The minimum atomic E-state index is -0.452. The first-order valence-electron chi connectivity index (χ1n) is 6.28. The zero-order chi connectivity index (χ0) is 14.1. The summed E-state index contributed by atoms with van der Waals surface area (Å²) < 4.78 is -0.452. The van der Waals surface area contributed by atoms with Crippen molar-refractivity contribution in [2.24, 2.45) is 0 Å². The molecule has 1 fully saturated rings. The van der Waals surface area contributed by atoms with E-state index in [1.165, 1.54) is 0 Å². The Labute approximate surface area is 123 Å². The zero-order valence-electron chi connectivity index (χ0n) is 11.1. The lowest BCUT2D eigenvalue weighted by Crippen LogP contribution is -2.46. The lowest BCUT2D eigenvalue weighted by atomic mass is 10.2. The molecule has 0 saturated carbocycles. The third kappa shape index (κ3) is 4.35. The van der Waals surface area contributed by atoms with E-state index in [0.29, 0.717) is 19.5 Å². The molecule has 106 valence electrons. The van der Waals surface area contributed by atoms with Crippen LogP contribution >= 0.6 is 23.5 Å². The van der Waals surface area contributed by atoms with Crippen molar-refractivity contribution in [3.8, 4) is 0 Å². The molecule has 1 aliphatic rings. The van der Waals surface area contributed by atoms with Gasteiger partial charge in [-0.15, -0.1) is 36.7 Å². The molecule has 1 N–H and O–H groups in total. The molecule has 0 bridgehead atoms. The summed E-state index contributed by atoms with van der Waals surface area (Å²) in [5.41, 5.74) is 0. The van der Waals surface area contributed by atoms with Crippen molar-refractivity contribution in [2.45, 2.75) is 16.9 Å². The highest BCUT2D eigenvalue weighted by Crippen LogP contribution is 2.46. The first-order chi connectivity index (χ1) is 9.20. The number of aliphatic hydroxyl groups is 1. The summed E-state index contributed by atoms with van der Waals surface area (Å²) in [6.45, 7) is 8.36. The summed E-state index contributed by atoms with van der Waals surface area (Å²) in [6, 6.07) is 0. The number of nitrogens with zero attached hydrogens (tertiary/aromatic N) is 1. The molecule has 0 atom stereocenters. The van der Waals surface area contributed by atoms with Gasteiger partial charge in [-0.3, -0.25) is 4.79 Å². The predicted molar refractivity (Wildman–Crippen MR) is 85.6 cm³/mol. The van der Waals surface area contributed by atoms with E-state index in [0.717, 1.165) is 24.2 Å². The zero-order valence-corrected chi connectivity index (χ0v) is 12.7. The SMILES string of the molecule is C=CCN(CC=CO)C(=O)C1(CC=C)SCCCS1. The van der Waals surface area contributed by atoms with E-state index in [-0.39, 0.29) is 5.91 Å². The number of thioether (sulfide) groups is 2. The smallest absolute Gasteiger partial charge is 0.249 e. The molecular formula is C14H21NO2S2. The Balaban J connectivity index is 2.87. The van der Waals surface area contributed by atoms with Gasteiger partial charge < -0.3 is 10.0 Å². The molecule has 0 aliphatic carbocycles. The molecule has 1 saturated heterocycles. The van der Waals surface area contributed by atoms with E-state index in [2.05, 4.69) is 13.2 Å². The van der Waals surface area contributed by atoms with Crippen LogP contribution in [0.3, 0.4) is 0 Å². The topological polar surface area (TPSA) is 40.5 Å². The van der Waals surface area contributed by atoms with Gasteiger partial charge in [0, 0.05) is 13.1 Å². The van der Waals surface area contributed by atoms with Crippen LogP contribution in [0, 0.1) is 0 Å². The van der Waals surface area contributed by atoms with Crippen LogP contribution in [-0.2, 0) is 4.79 Å². The molecule has 5 heteroatoms. The number of rotatable bonds is 7. The maximum atomic E-state index is 12.8. The molecule has 0 aromatic heterocycles. The van der Waals surface area contributed by atoms with E-state index in [1.54, 1.807) is 40.6 Å². The fraction of sp³-hybridized carbons (Fsp3) is 0.500. The Bertz CT molecular complexity index is 349. The normalized spacial score (nSPS) is 18.1. The maximum Gasteiger partial charge on any atom is 0.249 e. The third-order valence-corrected chi connectivity index (χ3v) is 6.07. The van der Waals surface area contributed by atoms with Crippen LogP contribution in [0.5, 0.6) is 0 Å². The Hall–Kier alpha value is -0.810. The fourth-order valence-corrected chi connectivity index (χ4v) is 5.13. The summed E-state index contributed by atoms with van der Waals surface area (Å²) in [4.78, 5) is 14.5. The van der Waals surface area contributed by atoms with Crippen molar-refractivity contribution in [3.63, 3.8) is 0 Å². The molecule has 0 aromatic carbocycles. The van der Waals surface area contributed by atoms with Gasteiger partial charge in [0.2, 0.25) is 5.91 Å². The number of amides is 1. The van der Waals surface area contributed by atoms with Gasteiger partial charge in [-0.25, -0.2) is 0 Å². The molecule has 0 aromatic rings. The van der Waals surface area contributed by atoms with Gasteiger partial charge in [0.1, 0.15) is 4.08 Å². The summed E-state index contributed by atoms with van der Waals surface area (Å²) >= 11 is 3.42. The summed E-state index contributed by atoms with van der Waals surface area (Å²) in [6.07, 6.45) is 7.88. The Morgan fingerprint density at radius 3 is 2.47 bits per heavy atom. The average molecular weight is 299 g/mol. The molecule has 19 heavy (non-hydrogen) atoms. The Morgan fingerprint density at radius 1 is 1.26 bits per heavy atom. The number of aliphatic hydroxyl groups excluding tert-OH is 1. The van der Waals surface area contributed by atoms with Gasteiger partial charge >= 0.3 is 0 Å². The molecule has 1 amide bonds. The molecule has 0 unspecified atom stereocenters. The van der Waals surface area contributed by atoms with E-state index in [9.17, 15) is 4.79 Å². The van der Waals surface area contributed by atoms with E-state index >= 15 is 0 Å². The maximum absolute atomic E-state index is 12.8. The average Bonchev–Trinajstić information content (AvgIpc) is 2.44. The monoisotopic (exact) mass is 299 g/mol. The van der Waals surface area contributed by atoms with Crippen molar-refractivity contribution in [2.75, 3.05) is 24.6 Å². The molecule has 3 nitrogen and oxygen atoms in total. The van der Waals surface area contributed by atoms with E-state index < -0.39 is 4.08 Å². The van der Waals surface area contributed by atoms with Gasteiger partial charge in [0.25, 0.3) is 0 Å². The summed E-state index contributed by atoms with van der Waals surface area (Å²) in [7, 11) is 0. The molecule has 0 spiro atoms. The minimum absolute atomic E-state index is 0.0973. The number of carbonyl (C=O) groups excluding carboxylic acids is 1. The largest absolute Gasteiger partial charge is 0.516 e. The highest BCUT2D eigenvalue weighted by Gasteiger charge is 2.42. The first-order valence-corrected chi connectivity index (χ1v) is 8.25. The van der Waals surface area contributed by atoms with Crippen LogP contribution in [0.15, 0.2) is 37.6 Å². The van der Waals surface area contributed by atoms with E-state index in [1.807, 2.05) is 6.08 Å².